The Balaban J connectivity index is 2.71. The molecular weight excluding hydrogens is 148 g/mol. The minimum absolute atomic E-state index is 0.532. The molecule has 4 nitrogen and oxygen atoms in total. The van der Waals surface area contributed by atoms with Crippen LogP contribution < -0.4 is 5.73 Å². The number of nitrogens with one attached hydrogen (secondary N) is 1. The van der Waals surface area contributed by atoms with E-state index in [2.05, 4.69) is 15.2 Å². The molecule has 0 saturated heterocycles. The number of H-pyrrole nitrogens is 1. The second-order valence-electron chi connectivity index (χ2n) is 1.60. The first kappa shape index (κ1) is 7.14. The van der Waals surface area contributed by atoms with E-state index in [9.17, 15) is 0 Å². The summed E-state index contributed by atoms with van der Waals surface area (Å²) < 4.78 is 0. The van der Waals surface area contributed by atoms with Crippen LogP contribution in [0.1, 0.15) is 0 Å². The van der Waals surface area contributed by atoms with E-state index in [-0.39, 0.29) is 0 Å². The van der Waals surface area contributed by atoms with Gasteiger partial charge in [0.25, 0.3) is 0 Å². The number of aromatic amines is 1. The van der Waals surface area contributed by atoms with Crippen LogP contribution in [0.3, 0.4) is 0 Å². The van der Waals surface area contributed by atoms with Gasteiger partial charge in [0.1, 0.15) is 0 Å². The van der Waals surface area contributed by atoms with E-state index in [4.69, 9.17) is 5.73 Å². The summed E-state index contributed by atoms with van der Waals surface area (Å²) in [6, 6.07) is 1.75. The van der Waals surface area contributed by atoms with Gasteiger partial charge in [-0.3, -0.25) is 5.10 Å². The number of hydrogen-bond acceptors (Lipinski definition) is 3. The van der Waals surface area contributed by atoms with Crippen molar-refractivity contribution in [2.45, 2.75) is 0 Å². The van der Waals surface area contributed by atoms with Gasteiger partial charge in [-0.2, -0.15) is 5.10 Å². The summed E-state index contributed by atoms with van der Waals surface area (Å²) in [5.74, 6) is 0.687. The number of rotatable bonds is 1. The Bertz CT molecular complexity index is 216. The summed E-state index contributed by atoms with van der Waals surface area (Å²) in [7, 11) is 0. The van der Waals surface area contributed by atoms with E-state index >= 15 is 0 Å². The van der Waals surface area contributed by atoms with Gasteiger partial charge in [-0.05, 0) is 6.26 Å². The van der Waals surface area contributed by atoms with Crippen molar-refractivity contribution < 1.29 is 0 Å². The lowest BCUT2D eigenvalue weighted by atomic mass is 10.7. The number of hydrogen-bond donors (Lipinski definition) is 2. The summed E-state index contributed by atoms with van der Waals surface area (Å²) in [6.07, 6.45) is 3.50. The maximum absolute atomic E-state index is 5.43. The molecule has 0 amide bonds. The number of nitrogens with two attached hydrogens (primary N) is 1. The maximum Gasteiger partial charge on any atom is 0.160 e. The molecule has 0 bridgehead atoms. The zero-order valence-corrected chi connectivity index (χ0v) is 6.35. The highest BCUT2D eigenvalue weighted by Gasteiger charge is 1.89. The third kappa shape index (κ3) is 1.77. The summed E-state index contributed by atoms with van der Waals surface area (Å²) in [5, 5.41) is 6.92. The van der Waals surface area contributed by atoms with Crippen molar-refractivity contribution in [1.82, 2.24) is 10.2 Å². The smallest absolute Gasteiger partial charge is 0.160 e. The molecule has 5 heteroatoms. The Hall–Kier alpha value is -0.970. The Morgan fingerprint density at radius 2 is 2.70 bits per heavy atom. The van der Waals surface area contributed by atoms with Gasteiger partial charge < -0.3 is 5.73 Å². The molecule has 54 valence electrons. The van der Waals surface area contributed by atoms with Gasteiger partial charge in [-0.15, -0.1) is 0 Å². The number of aromatic nitrogens is 2. The normalized spacial score (nSPS) is 11.9. The fourth-order valence-electron chi connectivity index (χ4n) is 0.475. The van der Waals surface area contributed by atoms with E-state index < -0.39 is 0 Å². The predicted octanol–water partition coefficient (Wildman–Crippen LogP) is 0.719. The Morgan fingerprint density at radius 3 is 3.20 bits per heavy atom. The number of nitrogens with zero attached hydrogens (tertiary/aromatic N) is 2. The molecule has 0 aliphatic rings. The van der Waals surface area contributed by atoms with Crippen LogP contribution in [0.4, 0.5) is 5.82 Å². The Labute approximate surface area is 62.9 Å². The second-order valence-corrected chi connectivity index (χ2v) is 2.42. The maximum atomic E-state index is 5.43. The van der Waals surface area contributed by atoms with Crippen molar-refractivity contribution in [1.29, 1.82) is 0 Å². The fourth-order valence-corrected chi connectivity index (χ4v) is 0.665. The van der Waals surface area contributed by atoms with Gasteiger partial charge in [-0.25, -0.2) is 4.99 Å². The minimum atomic E-state index is 0.532. The highest BCUT2D eigenvalue weighted by Crippen LogP contribution is 2.06. The molecule has 0 spiro atoms. The van der Waals surface area contributed by atoms with Crippen LogP contribution in [-0.2, 0) is 0 Å². The summed E-state index contributed by atoms with van der Waals surface area (Å²) in [6.45, 7) is 0. The van der Waals surface area contributed by atoms with Crippen LogP contribution in [0.15, 0.2) is 17.3 Å². The van der Waals surface area contributed by atoms with E-state index in [0.717, 1.165) is 0 Å². The topological polar surface area (TPSA) is 67.1 Å². The summed E-state index contributed by atoms with van der Waals surface area (Å²) >= 11 is 1.40. The lowest BCUT2D eigenvalue weighted by molar-refractivity contribution is 1.08. The highest BCUT2D eigenvalue weighted by molar-refractivity contribution is 8.13. The molecule has 3 N–H and O–H groups in total. The van der Waals surface area contributed by atoms with Crippen molar-refractivity contribution in [2.75, 3.05) is 6.26 Å². The quantitative estimate of drug-likeness (QED) is 0.465. The average Bonchev–Trinajstić information content (AvgIpc) is 2.40. The molecule has 0 saturated carbocycles. The van der Waals surface area contributed by atoms with Crippen molar-refractivity contribution in [3.05, 3.63) is 12.3 Å². The van der Waals surface area contributed by atoms with Crippen LogP contribution in [0.2, 0.25) is 0 Å². The van der Waals surface area contributed by atoms with Gasteiger partial charge in [0.05, 0.1) is 6.20 Å². The molecule has 0 aliphatic carbocycles. The molecule has 1 aromatic heterocycles. The van der Waals surface area contributed by atoms with E-state index in [1.165, 1.54) is 11.8 Å². The minimum Gasteiger partial charge on any atom is -0.378 e. The van der Waals surface area contributed by atoms with Gasteiger partial charge in [0, 0.05) is 6.07 Å². The number of thioether (sulfide) groups is 1. The van der Waals surface area contributed by atoms with E-state index in [1.54, 1.807) is 12.3 Å². The highest BCUT2D eigenvalue weighted by atomic mass is 32.2. The Morgan fingerprint density at radius 1 is 1.90 bits per heavy atom. The van der Waals surface area contributed by atoms with Crippen molar-refractivity contribution in [3.8, 4) is 0 Å². The van der Waals surface area contributed by atoms with Gasteiger partial charge in [0.2, 0.25) is 0 Å². The third-order valence-electron chi connectivity index (χ3n) is 0.926. The molecule has 10 heavy (non-hydrogen) atoms. The van der Waals surface area contributed by atoms with Gasteiger partial charge in [-0.1, -0.05) is 11.8 Å². The first-order valence-electron chi connectivity index (χ1n) is 2.70. The van der Waals surface area contributed by atoms with Crippen molar-refractivity contribution in [2.24, 2.45) is 10.7 Å². The van der Waals surface area contributed by atoms with Crippen LogP contribution in [-0.4, -0.2) is 21.6 Å². The van der Waals surface area contributed by atoms with Crippen LogP contribution >= 0.6 is 11.8 Å². The average molecular weight is 156 g/mol. The lowest BCUT2D eigenvalue weighted by Gasteiger charge is -1.89. The fraction of sp³-hybridized carbons (Fsp3) is 0.200. The van der Waals surface area contributed by atoms with Crippen molar-refractivity contribution in [3.63, 3.8) is 0 Å². The first-order chi connectivity index (χ1) is 4.83. The monoisotopic (exact) mass is 156 g/mol. The van der Waals surface area contributed by atoms with Crippen LogP contribution in [0.5, 0.6) is 0 Å². The first-order valence-corrected chi connectivity index (χ1v) is 3.93. The summed E-state index contributed by atoms with van der Waals surface area (Å²) in [5.41, 5.74) is 5.43. The number of amidine groups is 1. The van der Waals surface area contributed by atoms with E-state index in [1.807, 2.05) is 6.26 Å². The summed E-state index contributed by atoms with van der Waals surface area (Å²) in [4.78, 5) is 3.98. The molecule has 0 aromatic carbocycles. The second kappa shape index (κ2) is 3.26. The number of aliphatic imine (C=N–C) groups is 1. The van der Waals surface area contributed by atoms with Crippen LogP contribution in [0, 0.1) is 0 Å². The molecule has 0 unspecified atom stereocenters. The van der Waals surface area contributed by atoms with Gasteiger partial charge >= 0.3 is 0 Å². The standard InChI is InChI=1S/C5H8N4S/c1-10-5(6)8-4-2-3-7-9-4/h2-3H,1H3,(H3,6,7,8,9). The lowest BCUT2D eigenvalue weighted by Crippen LogP contribution is -2.04. The third-order valence-corrected chi connectivity index (χ3v) is 1.44. The predicted molar refractivity (Wildman–Crippen MR) is 43.4 cm³/mol. The zero-order chi connectivity index (χ0) is 7.40. The molecule has 0 fully saturated rings. The molecule has 0 atom stereocenters. The SMILES string of the molecule is CS/C(N)=N/c1ccn[nH]1. The molecule has 0 aliphatic heterocycles. The molecule has 1 rings (SSSR count). The molecular formula is C5H8N4S. The van der Waals surface area contributed by atoms with E-state index in [0.29, 0.717) is 11.0 Å². The van der Waals surface area contributed by atoms with Crippen LogP contribution in [0.25, 0.3) is 0 Å². The molecule has 1 aromatic rings. The Kier molecular flexibility index (Phi) is 2.33. The molecule has 0 radical (unpaired) electrons. The zero-order valence-electron chi connectivity index (χ0n) is 5.53. The largest absolute Gasteiger partial charge is 0.378 e. The van der Waals surface area contributed by atoms with Gasteiger partial charge in [0.15, 0.2) is 11.0 Å². The molecule has 1 heterocycles. The van der Waals surface area contributed by atoms with Crippen molar-refractivity contribution >= 4 is 22.7 Å².